The summed E-state index contributed by atoms with van der Waals surface area (Å²) < 4.78 is 5.35. The Kier molecular flexibility index (Phi) is 4.74. The first-order valence-corrected chi connectivity index (χ1v) is 7.48. The van der Waals surface area contributed by atoms with Gasteiger partial charge >= 0.3 is 0 Å². The zero-order valence-electron chi connectivity index (χ0n) is 13.0. The fourth-order valence-corrected chi connectivity index (χ4v) is 2.71. The van der Waals surface area contributed by atoms with E-state index >= 15 is 0 Å². The Morgan fingerprint density at radius 3 is 2.48 bits per heavy atom. The average Bonchev–Trinajstić information content (AvgIpc) is 2.37. The summed E-state index contributed by atoms with van der Waals surface area (Å²) in [6.45, 7) is 10.4. The highest BCUT2D eigenvalue weighted by Gasteiger charge is 2.27. The van der Waals surface area contributed by atoms with E-state index < -0.39 is 0 Å². The van der Waals surface area contributed by atoms with E-state index in [-0.39, 0.29) is 11.4 Å². The molecule has 0 unspecified atom stereocenters. The molecule has 1 fully saturated rings. The van der Waals surface area contributed by atoms with Crippen molar-refractivity contribution in [3.8, 4) is 0 Å². The summed E-state index contributed by atoms with van der Waals surface area (Å²) in [6.07, 6.45) is 0. The van der Waals surface area contributed by atoms with Gasteiger partial charge in [0.1, 0.15) is 11.6 Å². The molecule has 1 aromatic rings. The Morgan fingerprint density at radius 1 is 1.33 bits per heavy atom. The number of nitrogens with zero attached hydrogens (tertiary/aromatic N) is 3. The van der Waals surface area contributed by atoms with Crippen LogP contribution in [-0.2, 0) is 9.53 Å². The highest BCUT2D eigenvalue weighted by molar-refractivity contribution is 6.31. The lowest BCUT2D eigenvalue weighted by molar-refractivity contribution is -0.117. The van der Waals surface area contributed by atoms with Gasteiger partial charge in [-0.15, -0.1) is 0 Å². The molecule has 1 aliphatic heterocycles. The summed E-state index contributed by atoms with van der Waals surface area (Å²) in [7, 11) is 0. The van der Waals surface area contributed by atoms with Gasteiger partial charge in [0.15, 0.2) is 0 Å². The Morgan fingerprint density at radius 2 is 1.95 bits per heavy atom. The van der Waals surface area contributed by atoms with Crippen LogP contribution in [0.3, 0.4) is 0 Å². The molecule has 0 aliphatic carbocycles. The quantitative estimate of drug-likeness (QED) is 0.842. The maximum Gasteiger partial charge on any atom is 0.225 e. The van der Waals surface area contributed by atoms with Crippen molar-refractivity contribution in [2.75, 3.05) is 36.1 Å². The molecule has 6 heteroatoms. The van der Waals surface area contributed by atoms with Gasteiger partial charge in [0.05, 0.1) is 13.2 Å². The number of hydrogen-bond donors (Lipinski definition) is 0. The summed E-state index contributed by atoms with van der Waals surface area (Å²) >= 11 is 6.23. The lowest BCUT2D eigenvalue weighted by atomic mass is 10.1. The minimum absolute atomic E-state index is 0.0507. The van der Waals surface area contributed by atoms with E-state index in [0.717, 1.165) is 18.9 Å². The number of ether oxygens (including phenoxy) is 1. The van der Waals surface area contributed by atoms with E-state index in [1.807, 2.05) is 26.8 Å². The second-order valence-corrected chi connectivity index (χ2v) is 6.56. The molecular weight excluding hydrogens is 290 g/mol. The first-order chi connectivity index (χ1) is 9.79. The van der Waals surface area contributed by atoms with Crippen LogP contribution in [0.25, 0.3) is 0 Å². The third-order valence-electron chi connectivity index (χ3n) is 3.31. The number of amides is 1. The van der Waals surface area contributed by atoms with Crippen molar-refractivity contribution in [2.24, 2.45) is 0 Å². The van der Waals surface area contributed by atoms with E-state index in [4.69, 9.17) is 16.3 Å². The molecule has 0 N–H and O–H groups in total. The van der Waals surface area contributed by atoms with Crippen molar-refractivity contribution in [3.63, 3.8) is 0 Å². The lowest BCUT2D eigenvalue weighted by Crippen LogP contribution is -2.45. The van der Waals surface area contributed by atoms with Gasteiger partial charge in [0.25, 0.3) is 0 Å². The summed E-state index contributed by atoms with van der Waals surface area (Å²) in [6, 6.07) is 3.56. The number of pyridine rings is 1. The van der Waals surface area contributed by atoms with Crippen molar-refractivity contribution in [1.82, 2.24) is 4.98 Å². The van der Waals surface area contributed by atoms with Crippen LogP contribution in [-0.4, -0.2) is 42.7 Å². The van der Waals surface area contributed by atoms with Crippen molar-refractivity contribution >= 4 is 29.1 Å². The van der Waals surface area contributed by atoms with Crippen LogP contribution in [0.15, 0.2) is 12.1 Å². The van der Waals surface area contributed by atoms with Gasteiger partial charge in [-0.05, 0) is 32.9 Å². The van der Waals surface area contributed by atoms with Crippen molar-refractivity contribution < 1.29 is 9.53 Å². The van der Waals surface area contributed by atoms with Gasteiger partial charge < -0.3 is 9.64 Å². The standard InChI is InChI=1S/C15H22ClN3O2/c1-11(20)19(15(2,3)4)14-10-12(16)9-13(17-14)18-5-7-21-8-6-18/h9-10H,5-8H2,1-4H3. The van der Waals surface area contributed by atoms with Crippen LogP contribution in [0.4, 0.5) is 11.6 Å². The van der Waals surface area contributed by atoms with Gasteiger partial charge in [0, 0.05) is 30.6 Å². The highest BCUT2D eigenvalue weighted by Crippen LogP contribution is 2.28. The number of anilines is 2. The number of aromatic nitrogens is 1. The Bertz CT molecular complexity index is 522. The van der Waals surface area contributed by atoms with Gasteiger partial charge in [-0.2, -0.15) is 0 Å². The molecule has 1 amide bonds. The first kappa shape index (κ1) is 16.0. The molecule has 21 heavy (non-hydrogen) atoms. The predicted molar refractivity (Wildman–Crippen MR) is 85.2 cm³/mol. The minimum atomic E-state index is -0.355. The number of halogens is 1. The van der Waals surface area contributed by atoms with E-state index in [9.17, 15) is 4.79 Å². The molecule has 2 heterocycles. The lowest BCUT2D eigenvalue weighted by Gasteiger charge is -2.35. The molecule has 1 aliphatic rings. The fourth-order valence-electron chi connectivity index (χ4n) is 2.52. The summed E-state index contributed by atoms with van der Waals surface area (Å²) in [5.41, 5.74) is -0.355. The Hall–Kier alpha value is -1.33. The second kappa shape index (κ2) is 6.20. The summed E-state index contributed by atoms with van der Waals surface area (Å²) in [5.74, 6) is 1.32. The molecule has 0 aromatic carbocycles. The predicted octanol–water partition coefficient (Wildman–Crippen LogP) is 2.72. The second-order valence-electron chi connectivity index (χ2n) is 6.13. The monoisotopic (exact) mass is 311 g/mol. The van der Waals surface area contributed by atoms with E-state index in [0.29, 0.717) is 24.1 Å². The van der Waals surface area contributed by atoms with E-state index in [1.165, 1.54) is 0 Å². The minimum Gasteiger partial charge on any atom is -0.378 e. The summed E-state index contributed by atoms with van der Waals surface area (Å²) in [4.78, 5) is 20.4. The third-order valence-corrected chi connectivity index (χ3v) is 3.53. The molecule has 2 rings (SSSR count). The molecule has 0 saturated carbocycles. The van der Waals surface area contributed by atoms with Gasteiger partial charge in [-0.3, -0.25) is 9.69 Å². The zero-order valence-corrected chi connectivity index (χ0v) is 13.8. The van der Waals surface area contributed by atoms with Crippen LogP contribution >= 0.6 is 11.6 Å². The molecule has 0 radical (unpaired) electrons. The molecule has 0 bridgehead atoms. The molecular formula is C15H22ClN3O2. The third kappa shape index (κ3) is 3.86. The largest absolute Gasteiger partial charge is 0.378 e. The molecule has 1 aromatic heterocycles. The van der Waals surface area contributed by atoms with E-state index in [2.05, 4.69) is 9.88 Å². The fraction of sp³-hybridized carbons (Fsp3) is 0.600. The van der Waals surface area contributed by atoms with Crippen molar-refractivity contribution in [2.45, 2.75) is 33.2 Å². The zero-order chi connectivity index (χ0) is 15.6. The van der Waals surface area contributed by atoms with Crippen LogP contribution in [0.1, 0.15) is 27.7 Å². The number of carbonyl (C=O) groups excluding carboxylic acids is 1. The number of morpholine rings is 1. The van der Waals surface area contributed by atoms with E-state index in [1.54, 1.807) is 17.9 Å². The highest BCUT2D eigenvalue weighted by atomic mass is 35.5. The molecule has 1 saturated heterocycles. The van der Waals surface area contributed by atoms with Crippen molar-refractivity contribution in [1.29, 1.82) is 0 Å². The first-order valence-electron chi connectivity index (χ1n) is 7.10. The number of rotatable bonds is 2. The maximum absolute atomic E-state index is 12.0. The van der Waals surface area contributed by atoms with Gasteiger partial charge in [-0.1, -0.05) is 11.6 Å². The van der Waals surface area contributed by atoms with Crippen LogP contribution in [0.2, 0.25) is 5.02 Å². The maximum atomic E-state index is 12.0. The normalized spacial score (nSPS) is 16.0. The SMILES string of the molecule is CC(=O)N(c1cc(Cl)cc(N2CCOCC2)n1)C(C)(C)C. The summed E-state index contributed by atoms with van der Waals surface area (Å²) in [5, 5.41) is 0.581. The van der Waals surface area contributed by atoms with Crippen LogP contribution < -0.4 is 9.80 Å². The molecule has 0 atom stereocenters. The van der Waals surface area contributed by atoms with Crippen molar-refractivity contribution in [3.05, 3.63) is 17.2 Å². The average molecular weight is 312 g/mol. The number of carbonyl (C=O) groups is 1. The molecule has 5 nitrogen and oxygen atoms in total. The van der Waals surface area contributed by atoms with Crippen LogP contribution in [0.5, 0.6) is 0 Å². The topological polar surface area (TPSA) is 45.7 Å². The van der Waals surface area contributed by atoms with Gasteiger partial charge in [-0.25, -0.2) is 4.98 Å². The number of hydrogen-bond acceptors (Lipinski definition) is 4. The molecule has 0 spiro atoms. The Labute approximate surface area is 130 Å². The van der Waals surface area contributed by atoms with Gasteiger partial charge in [0.2, 0.25) is 5.91 Å². The molecule has 116 valence electrons. The smallest absolute Gasteiger partial charge is 0.225 e. The Balaban J connectivity index is 2.39. The van der Waals surface area contributed by atoms with Crippen LogP contribution in [0, 0.1) is 0 Å².